The first-order valence-corrected chi connectivity index (χ1v) is 10.4. The zero-order chi connectivity index (χ0) is 21.5. The first kappa shape index (κ1) is 19.7. The van der Waals surface area contributed by atoms with Crippen molar-refractivity contribution in [1.29, 1.82) is 0 Å². The maximum atomic E-state index is 13.3. The number of piperidine rings is 1. The minimum absolute atomic E-state index is 0.215. The molecule has 1 aromatic carbocycles. The van der Waals surface area contributed by atoms with Crippen LogP contribution in [0, 0.1) is 5.82 Å². The first-order valence-electron chi connectivity index (χ1n) is 10.4. The number of aromatic nitrogens is 3. The third-order valence-corrected chi connectivity index (χ3v) is 6.05. The molecule has 0 amide bonds. The Balaban J connectivity index is 1.63. The standard InChI is InChI=1S/C23H23FN4O3/c24-17-3-1-15(2-4-17)12-27-14-16(13-26-8-5-18(29)6-9-26)21-19-7-10-28(31)23(30)22(19)25-11-20(21)27/h1-4,7,10-11,14,18,29,31H,5-6,8-9,12-13H2. The predicted octanol–water partition coefficient (Wildman–Crippen LogP) is 2.73. The van der Waals surface area contributed by atoms with Gasteiger partial charge < -0.3 is 14.9 Å². The SMILES string of the molecule is O=c1c2ncc3c(c(CN4CCC(O)CC4)cn3Cc3ccc(F)cc3)c2ccn1O. The van der Waals surface area contributed by atoms with Crippen molar-refractivity contribution in [2.45, 2.75) is 32.0 Å². The van der Waals surface area contributed by atoms with E-state index in [1.165, 1.54) is 18.3 Å². The second-order valence-corrected chi connectivity index (χ2v) is 8.16. The van der Waals surface area contributed by atoms with Crippen LogP contribution in [0.5, 0.6) is 0 Å². The van der Waals surface area contributed by atoms with Gasteiger partial charge in [0.2, 0.25) is 0 Å². The molecule has 4 heterocycles. The minimum atomic E-state index is -0.558. The fourth-order valence-electron chi connectivity index (χ4n) is 4.40. The van der Waals surface area contributed by atoms with Crippen LogP contribution in [-0.4, -0.2) is 48.7 Å². The summed E-state index contributed by atoms with van der Waals surface area (Å²) >= 11 is 0. The van der Waals surface area contributed by atoms with Gasteiger partial charge in [0.25, 0.3) is 0 Å². The molecular weight excluding hydrogens is 399 g/mol. The van der Waals surface area contributed by atoms with Gasteiger partial charge in [-0.3, -0.25) is 9.69 Å². The third-order valence-electron chi connectivity index (χ3n) is 6.05. The number of pyridine rings is 2. The fraction of sp³-hybridized carbons (Fsp3) is 0.304. The maximum absolute atomic E-state index is 13.3. The molecule has 1 saturated heterocycles. The molecule has 1 aliphatic heterocycles. The van der Waals surface area contributed by atoms with Crippen LogP contribution >= 0.6 is 0 Å². The van der Waals surface area contributed by atoms with E-state index in [0.717, 1.165) is 48.0 Å². The lowest BCUT2D eigenvalue weighted by Gasteiger charge is -2.29. The Labute approximate surface area is 177 Å². The van der Waals surface area contributed by atoms with Crippen molar-refractivity contribution in [3.05, 3.63) is 76.2 Å². The van der Waals surface area contributed by atoms with E-state index in [1.54, 1.807) is 24.4 Å². The summed E-state index contributed by atoms with van der Waals surface area (Å²) in [7, 11) is 0. The minimum Gasteiger partial charge on any atom is -0.425 e. The number of hydrogen-bond acceptors (Lipinski definition) is 5. The molecule has 0 unspecified atom stereocenters. The van der Waals surface area contributed by atoms with Gasteiger partial charge in [-0.2, -0.15) is 4.73 Å². The molecular formula is C23H23FN4O3. The zero-order valence-electron chi connectivity index (χ0n) is 16.9. The molecule has 8 heteroatoms. The number of fused-ring (bicyclic) bond motifs is 3. The van der Waals surface area contributed by atoms with E-state index in [2.05, 4.69) is 20.6 Å². The molecule has 160 valence electrons. The van der Waals surface area contributed by atoms with Crippen LogP contribution in [0.2, 0.25) is 0 Å². The Kier molecular flexibility index (Phi) is 4.95. The Morgan fingerprint density at radius 1 is 1.10 bits per heavy atom. The highest BCUT2D eigenvalue weighted by Crippen LogP contribution is 2.29. The van der Waals surface area contributed by atoms with Gasteiger partial charge in [-0.1, -0.05) is 12.1 Å². The van der Waals surface area contributed by atoms with Crippen molar-refractivity contribution >= 4 is 21.8 Å². The molecule has 4 aromatic rings. The van der Waals surface area contributed by atoms with Crippen LogP contribution in [-0.2, 0) is 13.1 Å². The molecule has 0 atom stereocenters. The Morgan fingerprint density at radius 2 is 1.84 bits per heavy atom. The van der Waals surface area contributed by atoms with Crippen molar-refractivity contribution in [2.24, 2.45) is 0 Å². The van der Waals surface area contributed by atoms with Gasteiger partial charge in [0.15, 0.2) is 0 Å². The van der Waals surface area contributed by atoms with Gasteiger partial charge in [-0.25, -0.2) is 9.37 Å². The number of benzene rings is 1. The molecule has 7 nitrogen and oxygen atoms in total. The molecule has 0 saturated carbocycles. The predicted molar refractivity (Wildman–Crippen MR) is 115 cm³/mol. The summed E-state index contributed by atoms with van der Waals surface area (Å²) in [4.78, 5) is 19.0. The maximum Gasteiger partial charge on any atom is 0.309 e. The van der Waals surface area contributed by atoms with Gasteiger partial charge in [0.1, 0.15) is 11.3 Å². The van der Waals surface area contributed by atoms with E-state index in [1.807, 2.05) is 0 Å². The number of hydrogen-bond donors (Lipinski definition) is 2. The number of halogens is 1. The van der Waals surface area contributed by atoms with Crippen LogP contribution in [0.1, 0.15) is 24.0 Å². The smallest absolute Gasteiger partial charge is 0.309 e. The zero-order valence-corrected chi connectivity index (χ0v) is 16.9. The molecule has 1 aliphatic rings. The number of nitrogens with zero attached hydrogens (tertiary/aromatic N) is 4. The van der Waals surface area contributed by atoms with E-state index in [-0.39, 0.29) is 17.4 Å². The Morgan fingerprint density at radius 3 is 2.58 bits per heavy atom. The highest BCUT2D eigenvalue weighted by Gasteiger charge is 2.21. The van der Waals surface area contributed by atoms with Crippen LogP contribution < -0.4 is 5.56 Å². The molecule has 2 N–H and O–H groups in total. The van der Waals surface area contributed by atoms with E-state index < -0.39 is 5.56 Å². The van der Waals surface area contributed by atoms with Crippen LogP contribution in [0.3, 0.4) is 0 Å². The highest BCUT2D eigenvalue weighted by atomic mass is 19.1. The average Bonchev–Trinajstić information content (AvgIpc) is 3.11. The summed E-state index contributed by atoms with van der Waals surface area (Å²) in [5.41, 5.74) is 2.54. The van der Waals surface area contributed by atoms with Gasteiger partial charge in [0.05, 0.1) is 17.8 Å². The van der Waals surface area contributed by atoms with E-state index in [9.17, 15) is 19.5 Å². The van der Waals surface area contributed by atoms with Crippen LogP contribution in [0.4, 0.5) is 4.39 Å². The van der Waals surface area contributed by atoms with Crippen molar-refractivity contribution in [2.75, 3.05) is 13.1 Å². The molecule has 0 bridgehead atoms. The molecule has 0 spiro atoms. The highest BCUT2D eigenvalue weighted by molar-refractivity contribution is 6.06. The second-order valence-electron chi connectivity index (χ2n) is 8.16. The normalized spacial score (nSPS) is 15.8. The van der Waals surface area contributed by atoms with E-state index in [4.69, 9.17) is 0 Å². The second kappa shape index (κ2) is 7.79. The number of aliphatic hydroxyl groups excluding tert-OH is 1. The van der Waals surface area contributed by atoms with E-state index >= 15 is 0 Å². The lowest BCUT2D eigenvalue weighted by Crippen LogP contribution is -2.35. The summed E-state index contributed by atoms with van der Waals surface area (Å²) in [6.45, 7) is 2.83. The van der Waals surface area contributed by atoms with Gasteiger partial charge in [-0.05, 0) is 42.2 Å². The summed E-state index contributed by atoms with van der Waals surface area (Å²) < 4.78 is 15.9. The van der Waals surface area contributed by atoms with Crippen LogP contribution in [0.25, 0.3) is 21.8 Å². The Bertz CT molecular complexity index is 1300. The molecule has 3 aromatic heterocycles. The van der Waals surface area contributed by atoms with Crippen molar-refractivity contribution in [1.82, 2.24) is 19.2 Å². The third kappa shape index (κ3) is 3.68. The molecule has 0 radical (unpaired) electrons. The fourth-order valence-corrected chi connectivity index (χ4v) is 4.40. The number of aliphatic hydroxyl groups is 1. The summed E-state index contributed by atoms with van der Waals surface area (Å²) in [6, 6.07) is 8.10. The van der Waals surface area contributed by atoms with Gasteiger partial charge in [-0.15, -0.1) is 0 Å². The first-order chi connectivity index (χ1) is 15.0. The molecule has 5 rings (SSSR count). The quantitative estimate of drug-likeness (QED) is 0.494. The number of rotatable bonds is 4. The monoisotopic (exact) mass is 422 g/mol. The van der Waals surface area contributed by atoms with Crippen LogP contribution in [0.15, 0.2) is 53.7 Å². The van der Waals surface area contributed by atoms with Crippen molar-refractivity contribution in [3.63, 3.8) is 0 Å². The summed E-state index contributed by atoms with van der Waals surface area (Å²) in [6.07, 6.45) is 6.29. The molecule has 31 heavy (non-hydrogen) atoms. The summed E-state index contributed by atoms with van der Waals surface area (Å²) in [5, 5.41) is 21.2. The average molecular weight is 422 g/mol. The van der Waals surface area contributed by atoms with Crippen molar-refractivity contribution < 1.29 is 14.7 Å². The lowest BCUT2D eigenvalue weighted by molar-refractivity contribution is 0.0794. The topological polar surface area (TPSA) is 83.5 Å². The summed E-state index contributed by atoms with van der Waals surface area (Å²) in [5.74, 6) is -0.276. The largest absolute Gasteiger partial charge is 0.425 e. The van der Waals surface area contributed by atoms with E-state index in [0.29, 0.717) is 23.2 Å². The molecule has 0 aliphatic carbocycles. The van der Waals surface area contributed by atoms with Gasteiger partial charge >= 0.3 is 5.56 Å². The Hall–Kier alpha value is -3.23. The van der Waals surface area contributed by atoms with Crippen molar-refractivity contribution in [3.8, 4) is 0 Å². The number of likely N-dealkylation sites (tertiary alicyclic amines) is 1. The molecule has 1 fully saturated rings. The lowest BCUT2D eigenvalue weighted by atomic mass is 10.1. The van der Waals surface area contributed by atoms with Gasteiger partial charge in [0, 0.05) is 49.3 Å².